The van der Waals surface area contributed by atoms with E-state index < -0.39 is 5.60 Å². The number of ether oxygens (including phenoxy) is 1. The summed E-state index contributed by atoms with van der Waals surface area (Å²) < 4.78 is 5.94. The zero-order valence-electron chi connectivity index (χ0n) is 15.9. The van der Waals surface area contributed by atoms with Gasteiger partial charge < -0.3 is 14.7 Å². The van der Waals surface area contributed by atoms with Crippen LogP contribution in [0.5, 0.6) is 5.88 Å². The molecule has 0 radical (unpaired) electrons. The second-order valence-corrected chi connectivity index (χ2v) is 7.40. The second-order valence-electron chi connectivity index (χ2n) is 7.40. The van der Waals surface area contributed by atoms with Crippen molar-refractivity contribution in [2.75, 3.05) is 26.2 Å². The Kier molecular flexibility index (Phi) is 7.21. The van der Waals surface area contributed by atoms with Gasteiger partial charge in [-0.25, -0.2) is 4.98 Å². The van der Waals surface area contributed by atoms with Crippen molar-refractivity contribution in [1.29, 1.82) is 0 Å². The average Bonchev–Trinajstić information content (AvgIpc) is 2.60. The number of para-hydroxylation sites is 1. The lowest BCUT2D eigenvalue weighted by atomic mass is 9.81. The Hall–Kier alpha value is -1.43. The molecule has 144 valence electrons. The standard InChI is InChI=1S/C20H29N3O2.ClH/c1-15(2)20(24)9-12-23(13-10-20)11-6-14-25-19-17-7-4-5-8-18(17)21-16(3)22-19;/h4-5,7-8,15,24H,6,9-14H2,1-3H3;1H. The molecule has 6 heteroatoms. The topological polar surface area (TPSA) is 58.5 Å². The summed E-state index contributed by atoms with van der Waals surface area (Å²) in [7, 11) is 0. The molecule has 26 heavy (non-hydrogen) atoms. The predicted octanol–water partition coefficient (Wildman–Crippen LogP) is 3.61. The molecule has 1 aromatic heterocycles. The lowest BCUT2D eigenvalue weighted by Gasteiger charge is -2.40. The van der Waals surface area contributed by atoms with Crippen LogP contribution in [0.1, 0.15) is 38.9 Å². The molecule has 3 rings (SSSR count). The number of likely N-dealkylation sites (tertiary alicyclic amines) is 1. The Morgan fingerprint density at radius 3 is 2.58 bits per heavy atom. The van der Waals surface area contributed by atoms with Gasteiger partial charge in [0.05, 0.1) is 23.1 Å². The molecule has 1 aromatic carbocycles. The van der Waals surface area contributed by atoms with Gasteiger partial charge in [0.1, 0.15) is 5.82 Å². The number of piperidine rings is 1. The van der Waals surface area contributed by atoms with E-state index in [2.05, 4.69) is 28.7 Å². The van der Waals surface area contributed by atoms with Gasteiger partial charge in [0.15, 0.2) is 0 Å². The van der Waals surface area contributed by atoms with Gasteiger partial charge in [0.25, 0.3) is 0 Å². The van der Waals surface area contributed by atoms with Gasteiger partial charge in [0.2, 0.25) is 5.88 Å². The Morgan fingerprint density at radius 1 is 1.19 bits per heavy atom. The fourth-order valence-electron chi connectivity index (χ4n) is 3.47. The van der Waals surface area contributed by atoms with Crippen molar-refractivity contribution in [3.63, 3.8) is 0 Å². The Balaban J connectivity index is 0.00000243. The van der Waals surface area contributed by atoms with E-state index in [0.29, 0.717) is 18.4 Å². The number of hydrogen-bond acceptors (Lipinski definition) is 5. The van der Waals surface area contributed by atoms with E-state index in [1.807, 2.05) is 31.2 Å². The van der Waals surface area contributed by atoms with Gasteiger partial charge in [0, 0.05) is 19.6 Å². The van der Waals surface area contributed by atoms with Crippen molar-refractivity contribution in [3.8, 4) is 5.88 Å². The Bertz CT molecular complexity index is 715. The van der Waals surface area contributed by atoms with E-state index in [1.165, 1.54) is 0 Å². The van der Waals surface area contributed by atoms with Gasteiger partial charge in [-0.05, 0) is 44.2 Å². The molecule has 1 saturated heterocycles. The number of rotatable bonds is 6. The maximum Gasteiger partial charge on any atom is 0.224 e. The van der Waals surface area contributed by atoms with Gasteiger partial charge in [-0.15, -0.1) is 12.4 Å². The van der Waals surface area contributed by atoms with Crippen LogP contribution in [0.3, 0.4) is 0 Å². The molecule has 0 atom stereocenters. The van der Waals surface area contributed by atoms with E-state index in [4.69, 9.17) is 4.74 Å². The maximum absolute atomic E-state index is 10.5. The third kappa shape index (κ3) is 4.84. The fourth-order valence-corrected chi connectivity index (χ4v) is 3.47. The molecular formula is C20H30ClN3O2. The van der Waals surface area contributed by atoms with Crippen LogP contribution in [0.25, 0.3) is 10.9 Å². The molecular weight excluding hydrogens is 350 g/mol. The highest BCUT2D eigenvalue weighted by Gasteiger charge is 2.34. The van der Waals surface area contributed by atoms with Crippen molar-refractivity contribution in [2.45, 2.75) is 45.6 Å². The highest BCUT2D eigenvalue weighted by atomic mass is 35.5. The largest absolute Gasteiger partial charge is 0.477 e. The van der Waals surface area contributed by atoms with Gasteiger partial charge >= 0.3 is 0 Å². The summed E-state index contributed by atoms with van der Waals surface area (Å²) in [5.41, 5.74) is 0.443. The number of benzene rings is 1. The number of hydrogen-bond donors (Lipinski definition) is 1. The van der Waals surface area contributed by atoms with Crippen LogP contribution in [-0.2, 0) is 0 Å². The Morgan fingerprint density at radius 2 is 1.88 bits per heavy atom. The van der Waals surface area contributed by atoms with Crippen LogP contribution in [0.4, 0.5) is 0 Å². The number of fused-ring (bicyclic) bond motifs is 1. The molecule has 0 amide bonds. The maximum atomic E-state index is 10.5. The molecule has 0 aliphatic carbocycles. The third-order valence-electron chi connectivity index (χ3n) is 5.33. The minimum atomic E-state index is -0.482. The molecule has 0 saturated carbocycles. The average molecular weight is 380 g/mol. The van der Waals surface area contributed by atoms with E-state index in [-0.39, 0.29) is 12.4 Å². The minimum Gasteiger partial charge on any atom is -0.477 e. The lowest BCUT2D eigenvalue weighted by Crippen LogP contribution is -2.47. The van der Waals surface area contributed by atoms with Crippen LogP contribution in [0, 0.1) is 12.8 Å². The molecule has 1 aliphatic heterocycles. The van der Waals surface area contributed by atoms with Gasteiger partial charge in [-0.3, -0.25) is 0 Å². The van der Waals surface area contributed by atoms with E-state index >= 15 is 0 Å². The van der Waals surface area contributed by atoms with Crippen LogP contribution in [0.2, 0.25) is 0 Å². The summed E-state index contributed by atoms with van der Waals surface area (Å²) in [6.45, 7) is 9.67. The lowest BCUT2D eigenvalue weighted by molar-refractivity contribution is -0.0567. The van der Waals surface area contributed by atoms with E-state index in [1.54, 1.807) is 0 Å². The molecule has 0 spiro atoms. The number of halogens is 1. The monoisotopic (exact) mass is 379 g/mol. The normalized spacial score (nSPS) is 17.3. The third-order valence-corrected chi connectivity index (χ3v) is 5.33. The quantitative estimate of drug-likeness (QED) is 0.777. The zero-order valence-corrected chi connectivity index (χ0v) is 16.8. The van der Waals surface area contributed by atoms with E-state index in [0.717, 1.165) is 55.6 Å². The van der Waals surface area contributed by atoms with Crippen LogP contribution in [0.15, 0.2) is 24.3 Å². The van der Waals surface area contributed by atoms with Crippen LogP contribution in [-0.4, -0.2) is 51.8 Å². The van der Waals surface area contributed by atoms with Crippen molar-refractivity contribution in [2.24, 2.45) is 5.92 Å². The first-order valence-electron chi connectivity index (χ1n) is 9.29. The SMILES string of the molecule is Cc1nc(OCCCN2CCC(O)(C(C)C)CC2)c2ccccc2n1.Cl. The molecule has 0 unspecified atom stereocenters. The number of aliphatic hydroxyl groups is 1. The molecule has 1 N–H and O–H groups in total. The summed E-state index contributed by atoms with van der Waals surface area (Å²) in [5.74, 6) is 1.74. The molecule has 2 aromatic rings. The fraction of sp³-hybridized carbons (Fsp3) is 0.600. The first-order valence-corrected chi connectivity index (χ1v) is 9.29. The molecule has 1 fully saturated rings. The summed E-state index contributed by atoms with van der Waals surface area (Å²) in [6.07, 6.45) is 2.68. The van der Waals surface area contributed by atoms with Crippen molar-refractivity contribution in [1.82, 2.24) is 14.9 Å². The second kappa shape index (κ2) is 8.98. The number of aryl methyl sites for hydroxylation is 1. The Labute approximate surface area is 162 Å². The first kappa shape index (κ1) is 20.9. The van der Waals surface area contributed by atoms with Crippen molar-refractivity contribution < 1.29 is 9.84 Å². The van der Waals surface area contributed by atoms with Crippen molar-refractivity contribution in [3.05, 3.63) is 30.1 Å². The summed E-state index contributed by atoms with van der Waals surface area (Å²) in [5, 5.41) is 11.5. The molecule has 5 nitrogen and oxygen atoms in total. The summed E-state index contributed by atoms with van der Waals surface area (Å²) in [6, 6.07) is 7.95. The van der Waals surface area contributed by atoms with Gasteiger partial charge in [-0.2, -0.15) is 4.98 Å². The molecule has 2 heterocycles. The summed E-state index contributed by atoms with van der Waals surface area (Å²) >= 11 is 0. The highest BCUT2D eigenvalue weighted by Crippen LogP contribution is 2.29. The molecule has 1 aliphatic rings. The van der Waals surface area contributed by atoms with Crippen LogP contribution < -0.4 is 4.74 Å². The zero-order chi connectivity index (χ0) is 17.9. The molecule has 0 bridgehead atoms. The highest BCUT2D eigenvalue weighted by molar-refractivity contribution is 5.85. The van der Waals surface area contributed by atoms with Crippen molar-refractivity contribution >= 4 is 23.3 Å². The minimum absolute atomic E-state index is 0. The number of aromatic nitrogens is 2. The van der Waals surface area contributed by atoms with Crippen LogP contribution >= 0.6 is 12.4 Å². The number of nitrogens with zero attached hydrogens (tertiary/aromatic N) is 3. The van der Waals surface area contributed by atoms with Gasteiger partial charge in [-0.1, -0.05) is 26.0 Å². The van der Waals surface area contributed by atoms with E-state index in [9.17, 15) is 5.11 Å². The first-order chi connectivity index (χ1) is 12.0. The predicted molar refractivity (Wildman–Crippen MR) is 107 cm³/mol. The smallest absolute Gasteiger partial charge is 0.224 e. The summed E-state index contributed by atoms with van der Waals surface area (Å²) in [4.78, 5) is 11.3.